The molecular formula is C19H19N7O6. The number of ketones is 1. The number of aromatic nitrogens is 4. The van der Waals surface area contributed by atoms with E-state index in [-0.39, 0.29) is 29.2 Å². The number of anilines is 2. The lowest BCUT2D eigenvalue weighted by atomic mass is 9.91. The standard InChI is InChI=1S/C19H19N7O6/c20-12(18(31)32)5-11(17(29)30)14(27)8-1-3-9(4-2-8)22-6-10-7-23-15-13(24-10)16(28)26-19(21)25-15/h1-4,7,11-12,22H,5-6,20H2,(H,29,30)(H,31,32)(H3,21,23,25,26,28)/t11?,12-/m0/s1. The highest BCUT2D eigenvalue weighted by Gasteiger charge is 2.31. The molecule has 0 aliphatic rings. The molecule has 3 aromatic rings. The summed E-state index contributed by atoms with van der Waals surface area (Å²) in [5, 5.41) is 21.2. The average Bonchev–Trinajstić information content (AvgIpc) is 2.75. The van der Waals surface area contributed by atoms with Gasteiger partial charge in [0.2, 0.25) is 5.95 Å². The zero-order valence-corrected chi connectivity index (χ0v) is 16.5. The second-order valence-electron chi connectivity index (χ2n) is 6.85. The number of hydrogen-bond donors (Lipinski definition) is 6. The van der Waals surface area contributed by atoms with Crippen LogP contribution in [-0.2, 0) is 16.1 Å². The highest BCUT2D eigenvalue weighted by molar-refractivity contribution is 6.08. The number of benzene rings is 1. The van der Waals surface area contributed by atoms with E-state index in [9.17, 15) is 24.3 Å². The molecule has 0 aliphatic carbocycles. The lowest BCUT2D eigenvalue weighted by Crippen LogP contribution is -2.37. The molecule has 13 nitrogen and oxygen atoms in total. The van der Waals surface area contributed by atoms with Gasteiger partial charge in [0, 0.05) is 11.3 Å². The minimum atomic E-state index is -1.58. The molecule has 13 heteroatoms. The van der Waals surface area contributed by atoms with Crippen LogP contribution in [0.3, 0.4) is 0 Å². The summed E-state index contributed by atoms with van der Waals surface area (Å²) < 4.78 is 0. The van der Waals surface area contributed by atoms with Gasteiger partial charge in [-0.25, -0.2) is 9.97 Å². The van der Waals surface area contributed by atoms with Gasteiger partial charge in [0.25, 0.3) is 5.56 Å². The second-order valence-corrected chi connectivity index (χ2v) is 6.85. The van der Waals surface area contributed by atoms with Gasteiger partial charge in [-0.2, -0.15) is 4.98 Å². The van der Waals surface area contributed by atoms with Crippen LogP contribution >= 0.6 is 0 Å². The number of carbonyl (C=O) groups is 3. The van der Waals surface area contributed by atoms with E-state index in [0.29, 0.717) is 11.4 Å². The maximum atomic E-state index is 12.5. The van der Waals surface area contributed by atoms with Gasteiger partial charge in [0.1, 0.15) is 12.0 Å². The molecule has 0 saturated carbocycles. The summed E-state index contributed by atoms with van der Waals surface area (Å²) in [6.45, 7) is 0.200. The predicted molar refractivity (Wildman–Crippen MR) is 112 cm³/mol. The van der Waals surface area contributed by atoms with Crippen LogP contribution < -0.4 is 22.3 Å². The number of carbonyl (C=O) groups excluding carboxylic acids is 1. The molecule has 0 aliphatic heterocycles. The van der Waals surface area contributed by atoms with E-state index in [2.05, 4.69) is 25.3 Å². The highest BCUT2D eigenvalue weighted by atomic mass is 16.4. The first-order valence-electron chi connectivity index (χ1n) is 9.26. The fourth-order valence-electron chi connectivity index (χ4n) is 2.88. The van der Waals surface area contributed by atoms with Gasteiger partial charge in [-0.15, -0.1) is 0 Å². The van der Waals surface area contributed by atoms with E-state index >= 15 is 0 Å². The summed E-state index contributed by atoms with van der Waals surface area (Å²) in [6, 6.07) is 4.45. The number of nitrogen functional groups attached to an aromatic ring is 1. The molecule has 1 aromatic carbocycles. The summed E-state index contributed by atoms with van der Waals surface area (Å²) in [7, 11) is 0. The number of nitrogens with two attached hydrogens (primary N) is 2. The number of H-pyrrole nitrogens is 1. The van der Waals surface area contributed by atoms with Crippen molar-refractivity contribution >= 4 is 40.5 Å². The fraction of sp³-hybridized carbons (Fsp3) is 0.211. The van der Waals surface area contributed by atoms with Gasteiger partial charge in [0.05, 0.1) is 18.4 Å². The van der Waals surface area contributed by atoms with E-state index < -0.39 is 41.7 Å². The lowest BCUT2D eigenvalue weighted by Gasteiger charge is -2.14. The first-order chi connectivity index (χ1) is 15.2. The van der Waals surface area contributed by atoms with Crippen LogP contribution in [0.5, 0.6) is 0 Å². The van der Waals surface area contributed by atoms with Gasteiger partial charge in [-0.3, -0.25) is 24.2 Å². The predicted octanol–water partition coefficient (Wildman–Crippen LogP) is -0.407. The van der Waals surface area contributed by atoms with Gasteiger partial charge in [-0.05, 0) is 30.7 Å². The van der Waals surface area contributed by atoms with Crippen LogP contribution in [0.1, 0.15) is 22.5 Å². The average molecular weight is 441 g/mol. The van der Waals surface area contributed by atoms with E-state index in [0.717, 1.165) is 0 Å². The van der Waals surface area contributed by atoms with E-state index in [1.54, 1.807) is 12.1 Å². The van der Waals surface area contributed by atoms with Crippen LogP contribution in [0.2, 0.25) is 0 Å². The van der Waals surface area contributed by atoms with E-state index in [1.165, 1.54) is 18.3 Å². The normalized spacial score (nSPS) is 12.8. The molecule has 0 spiro atoms. The maximum absolute atomic E-state index is 12.5. The fourth-order valence-corrected chi connectivity index (χ4v) is 2.88. The first-order valence-corrected chi connectivity index (χ1v) is 9.26. The van der Waals surface area contributed by atoms with Crippen molar-refractivity contribution in [1.29, 1.82) is 0 Å². The molecule has 2 aromatic heterocycles. The van der Waals surface area contributed by atoms with Crippen molar-refractivity contribution in [2.24, 2.45) is 11.7 Å². The van der Waals surface area contributed by atoms with Crippen LogP contribution in [-0.4, -0.2) is 53.9 Å². The van der Waals surface area contributed by atoms with Crippen LogP contribution in [0, 0.1) is 5.92 Å². The summed E-state index contributed by atoms with van der Waals surface area (Å²) >= 11 is 0. The van der Waals surface area contributed by atoms with Crippen molar-refractivity contribution in [2.45, 2.75) is 19.0 Å². The van der Waals surface area contributed by atoms with Gasteiger partial charge in [0.15, 0.2) is 16.9 Å². The number of fused-ring (bicyclic) bond motifs is 1. The number of rotatable bonds is 9. The summed E-state index contributed by atoms with van der Waals surface area (Å²) in [4.78, 5) is 61.2. The number of hydrogen-bond acceptors (Lipinski definition) is 10. The van der Waals surface area contributed by atoms with Crippen molar-refractivity contribution in [1.82, 2.24) is 19.9 Å². The molecule has 2 heterocycles. The number of aliphatic carboxylic acids is 2. The molecule has 8 N–H and O–H groups in total. The SMILES string of the molecule is Nc1nc2ncc(CNc3ccc(C(=O)C(C[C@H](N)C(=O)O)C(=O)O)cc3)nc2c(=O)[nH]1. The minimum Gasteiger partial charge on any atom is -0.481 e. The zero-order chi connectivity index (χ0) is 23.4. The summed E-state index contributed by atoms with van der Waals surface area (Å²) in [6.07, 6.45) is 0.909. The molecule has 3 rings (SSSR count). The molecule has 0 bridgehead atoms. The maximum Gasteiger partial charge on any atom is 0.320 e. The van der Waals surface area contributed by atoms with Gasteiger partial charge >= 0.3 is 11.9 Å². The van der Waals surface area contributed by atoms with Crippen molar-refractivity contribution in [2.75, 3.05) is 11.1 Å². The Hall–Kier alpha value is -4.39. The third-order valence-corrected chi connectivity index (χ3v) is 4.55. The first kappa shape index (κ1) is 22.3. The number of aromatic amines is 1. The Morgan fingerprint density at radius 2 is 1.78 bits per heavy atom. The van der Waals surface area contributed by atoms with Crippen LogP contribution in [0.15, 0.2) is 35.3 Å². The Morgan fingerprint density at radius 1 is 1.09 bits per heavy atom. The molecule has 2 atom stereocenters. The van der Waals surface area contributed by atoms with Crippen molar-refractivity contribution in [3.05, 3.63) is 52.1 Å². The summed E-state index contributed by atoms with van der Waals surface area (Å²) in [5.41, 5.74) is 11.6. The molecule has 0 saturated heterocycles. The molecule has 32 heavy (non-hydrogen) atoms. The zero-order valence-electron chi connectivity index (χ0n) is 16.5. The number of nitrogens with zero attached hydrogens (tertiary/aromatic N) is 3. The third kappa shape index (κ3) is 5.02. The number of Topliss-reactive ketones (excluding diaryl/α,β-unsaturated/α-hetero) is 1. The smallest absolute Gasteiger partial charge is 0.320 e. The van der Waals surface area contributed by atoms with Crippen LogP contribution in [0.4, 0.5) is 11.6 Å². The van der Waals surface area contributed by atoms with Crippen molar-refractivity contribution < 1.29 is 24.6 Å². The molecule has 0 amide bonds. The number of nitrogens with one attached hydrogen (secondary N) is 2. The summed E-state index contributed by atoms with van der Waals surface area (Å²) in [5.74, 6) is -5.22. The lowest BCUT2D eigenvalue weighted by molar-refractivity contribution is -0.142. The van der Waals surface area contributed by atoms with E-state index in [1.807, 2.05) is 0 Å². The largest absolute Gasteiger partial charge is 0.481 e. The monoisotopic (exact) mass is 441 g/mol. The number of carboxylic acids is 2. The van der Waals surface area contributed by atoms with Crippen LogP contribution in [0.25, 0.3) is 11.2 Å². The Morgan fingerprint density at radius 3 is 2.41 bits per heavy atom. The molecule has 0 fully saturated rings. The van der Waals surface area contributed by atoms with E-state index in [4.69, 9.17) is 16.6 Å². The highest BCUT2D eigenvalue weighted by Crippen LogP contribution is 2.18. The minimum absolute atomic E-state index is 0.0405. The topological polar surface area (TPSA) is 227 Å². The third-order valence-electron chi connectivity index (χ3n) is 4.55. The molecule has 166 valence electrons. The molecule has 1 unspecified atom stereocenters. The Balaban J connectivity index is 1.69. The Kier molecular flexibility index (Phi) is 6.39. The number of carboxylic acid groups (broad SMARTS) is 2. The molecular weight excluding hydrogens is 422 g/mol. The Bertz CT molecular complexity index is 1240. The van der Waals surface area contributed by atoms with Gasteiger partial charge in [-0.1, -0.05) is 0 Å². The van der Waals surface area contributed by atoms with Gasteiger partial charge < -0.3 is 27.0 Å². The Labute approximate surface area is 179 Å². The molecule has 0 radical (unpaired) electrons. The van der Waals surface area contributed by atoms with Crippen molar-refractivity contribution in [3.8, 4) is 0 Å². The second kappa shape index (κ2) is 9.18. The quantitative estimate of drug-likeness (QED) is 0.184. The van der Waals surface area contributed by atoms with Crippen molar-refractivity contribution in [3.63, 3.8) is 0 Å².